The Morgan fingerprint density at radius 1 is 1.35 bits per heavy atom. The van der Waals surface area contributed by atoms with Gasteiger partial charge in [0, 0.05) is 6.54 Å². The molecule has 0 atom stereocenters. The van der Waals surface area contributed by atoms with E-state index in [9.17, 15) is 8.42 Å². The Morgan fingerprint density at radius 2 is 2.06 bits per heavy atom. The third-order valence-corrected chi connectivity index (χ3v) is 4.66. The Hall–Kier alpha value is -1.07. The molecule has 0 aromatic heterocycles. The van der Waals surface area contributed by atoms with Crippen molar-refractivity contribution in [1.82, 2.24) is 0 Å². The Bertz CT molecular complexity index is 455. The summed E-state index contributed by atoms with van der Waals surface area (Å²) in [5.41, 5.74) is 6.47. The molecular formula is C12H19NO3S. The molecule has 1 aromatic carbocycles. The summed E-state index contributed by atoms with van der Waals surface area (Å²) in [6, 6.07) is 7.36. The molecule has 0 heterocycles. The summed E-state index contributed by atoms with van der Waals surface area (Å²) in [5.74, 6) is 0.698. The summed E-state index contributed by atoms with van der Waals surface area (Å²) in [4.78, 5) is 0. The van der Waals surface area contributed by atoms with Gasteiger partial charge in [0.05, 0.1) is 11.0 Å². The lowest BCUT2D eigenvalue weighted by atomic mass is 10.2. The second kappa shape index (κ2) is 6.02. The summed E-state index contributed by atoms with van der Waals surface area (Å²) in [7, 11) is -3.03. The molecule has 5 heteroatoms. The number of sulfone groups is 1. The Morgan fingerprint density at radius 3 is 2.65 bits per heavy atom. The van der Waals surface area contributed by atoms with Crippen LogP contribution < -0.4 is 10.5 Å². The van der Waals surface area contributed by atoms with Crippen LogP contribution >= 0.6 is 0 Å². The van der Waals surface area contributed by atoms with E-state index in [0.29, 0.717) is 12.3 Å². The van der Waals surface area contributed by atoms with Crippen molar-refractivity contribution >= 4 is 9.84 Å². The van der Waals surface area contributed by atoms with Gasteiger partial charge in [0.15, 0.2) is 9.84 Å². The second-order valence-corrected chi connectivity index (χ2v) is 6.79. The van der Waals surface area contributed by atoms with E-state index in [1.54, 1.807) is 19.9 Å². The molecule has 0 saturated heterocycles. The lowest BCUT2D eigenvalue weighted by molar-refractivity contribution is 0.340. The van der Waals surface area contributed by atoms with Gasteiger partial charge in [-0.05, 0) is 31.5 Å². The maximum Gasteiger partial charge on any atom is 0.155 e. The first kappa shape index (κ1) is 14.0. The number of ether oxygens (including phenoxy) is 1. The molecule has 1 rings (SSSR count). The highest BCUT2D eigenvalue weighted by atomic mass is 32.2. The summed E-state index contributed by atoms with van der Waals surface area (Å²) in [5, 5.41) is -0.360. The Labute approximate surface area is 103 Å². The fourth-order valence-electron chi connectivity index (χ4n) is 1.27. The van der Waals surface area contributed by atoms with Gasteiger partial charge in [0.25, 0.3) is 0 Å². The average molecular weight is 257 g/mol. The fraction of sp³-hybridized carbons (Fsp3) is 0.500. The standard InChI is InChI=1S/C12H19NO3S/c1-10(2)17(14,15)7-6-16-12-5-3-4-11(8-12)9-13/h3-5,8,10H,6-7,9,13H2,1-2H3. The van der Waals surface area contributed by atoms with E-state index in [0.717, 1.165) is 5.56 Å². The van der Waals surface area contributed by atoms with E-state index in [2.05, 4.69) is 0 Å². The second-order valence-electron chi connectivity index (χ2n) is 4.12. The van der Waals surface area contributed by atoms with Crippen molar-refractivity contribution < 1.29 is 13.2 Å². The van der Waals surface area contributed by atoms with Crippen LogP contribution in [-0.4, -0.2) is 26.0 Å². The largest absolute Gasteiger partial charge is 0.493 e. The normalized spacial score (nSPS) is 11.8. The molecule has 0 spiro atoms. The van der Waals surface area contributed by atoms with E-state index in [1.165, 1.54) is 0 Å². The molecule has 0 aliphatic carbocycles. The lowest BCUT2D eigenvalue weighted by Gasteiger charge is -2.09. The zero-order chi connectivity index (χ0) is 12.9. The first-order valence-corrected chi connectivity index (χ1v) is 7.30. The van der Waals surface area contributed by atoms with E-state index >= 15 is 0 Å². The molecule has 0 bridgehead atoms. The fourth-order valence-corrected chi connectivity index (χ4v) is 2.06. The van der Waals surface area contributed by atoms with Crippen LogP contribution in [0.5, 0.6) is 5.75 Å². The lowest BCUT2D eigenvalue weighted by Crippen LogP contribution is -2.22. The summed E-state index contributed by atoms with van der Waals surface area (Å²) < 4.78 is 28.5. The molecule has 0 aliphatic rings. The molecule has 0 unspecified atom stereocenters. The van der Waals surface area contributed by atoms with E-state index < -0.39 is 9.84 Å². The van der Waals surface area contributed by atoms with Crippen LogP contribution in [0.3, 0.4) is 0 Å². The van der Waals surface area contributed by atoms with Crippen LogP contribution in [0.15, 0.2) is 24.3 Å². The van der Waals surface area contributed by atoms with E-state index in [-0.39, 0.29) is 17.6 Å². The monoisotopic (exact) mass is 257 g/mol. The molecular weight excluding hydrogens is 238 g/mol. The molecule has 1 aromatic rings. The third-order valence-electron chi connectivity index (χ3n) is 2.49. The molecule has 0 radical (unpaired) electrons. The van der Waals surface area contributed by atoms with Crippen molar-refractivity contribution in [3.8, 4) is 5.75 Å². The molecule has 0 saturated carbocycles. The van der Waals surface area contributed by atoms with Crippen molar-refractivity contribution in [2.75, 3.05) is 12.4 Å². The number of nitrogens with two attached hydrogens (primary N) is 1. The van der Waals surface area contributed by atoms with E-state index in [4.69, 9.17) is 10.5 Å². The van der Waals surface area contributed by atoms with Crippen LogP contribution in [0.2, 0.25) is 0 Å². The van der Waals surface area contributed by atoms with Crippen molar-refractivity contribution in [3.63, 3.8) is 0 Å². The van der Waals surface area contributed by atoms with E-state index in [1.807, 2.05) is 18.2 Å². The maximum absolute atomic E-state index is 11.5. The van der Waals surface area contributed by atoms with Crippen LogP contribution in [0.1, 0.15) is 19.4 Å². The van der Waals surface area contributed by atoms with Gasteiger partial charge in [-0.25, -0.2) is 8.42 Å². The van der Waals surface area contributed by atoms with Gasteiger partial charge in [0.1, 0.15) is 12.4 Å². The Balaban J connectivity index is 2.51. The Kier molecular flexibility index (Phi) is 4.96. The minimum absolute atomic E-state index is 0.0392. The zero-order valence-corrected chi connectivity index (χ0v) is 11.0. The van der Waals surface area contributed by atoms with Crippen molar-refractivity contribution in [2.24, 2.45) is 5.73 Å². The van der Waals surface area contributed by atoms with Gasteiger partial charge in [-0.1, -0.05) is 12.1 Å². The highest BCUT2D eigenvalue weighted by Gasteiger charge is 2.15. The van der Waals surface area contributed by atoms with Gasteiger partial charge in [0.2, 0.25) is 0 Å². The molecule has 0 amide bonds. The minimum Gasteiger partial charge on any atom is -0.493 e. The first-order chi connectivity index (χ1) is 7.95. The first-order valence-electron chi connectivity index (χ1n) is 5.59. The summed E-state index contributed by atoms with van der Waals surface area (Å²) in [6.07, 6.45) is 0. The average Bonchev–Trinajstić information content (AvgIpc) is 2.29. The van der Waals surface area contributed by atoms with Gasteiger partial charge in [-0.15, -0.1) is 0 Å². The molecule has 4 nitrogen and oxygen atoms in total. The molecule has 0 aliphatic heterocycles. The number of hydrogen-bond acceptors (Lipinski definition) is 4. The van der Waals surface area contributed by atoms with Crippen LogP contribution in [0, 0.1) is 0 Å². The molecule has 0 fully saturated rings. The predicted octanol–water partition coefficient (Wildman–Crippen LogP) is 1.35. The number of hydrogen-bond donors (Lipinski definition) is 1. The van der Waals surface area contributed by atoms with Crippen LogP contribution in [-0.2, 0) is 16.4 Å². The van der Waals surface area contributed by atoms with Gasteiger partial charge >= 0.3 is 0 Å². The SMILES string of the molecule is CC(C)S(=O)(=O)CCOc1cccc(CN)c1. The quantitative estimate of drug-likeness (QED) is 0.835. The summed E-state index contributed by atoms with van der Waals surface area (Å²) >= 11 is 0. The smallest absolute Gasteiger partial charge is 0.155 e. The molecule has 2 N–H and O–H groups in total. The number of rotatable bonds is 6. The van der Waals surface area contributed by atoms with Crippen LogP contribution in [0.4, 0.5) is 0 Å². The van der Waals surface area contributed by atoms with Gasteiger partial charge in [-0.2, -0.15) is 0 Å². The van der Waals surface area contributed by atoms with Crippen molar-refractivity contribution in [3.05, 3.63) is 29.8 Å². The van der Waals surface area contributed by atoms with Gasteiger partial charge < -0.3 is 10.5 Å². The zero-order valence-electron chi connectivity index (χ0n) is 10.2. The van der Waals surface area contributed by atoms with Crippen LogP contribution in [0.25, 0.3) is 0 Å². The maximum atomic E-state index is 11.5. The third kappa shape index (κ3) is 4.36. The minimum atomic E-state index is -3.03. The van der Waals surface area contributed by atoms with Gasteiger partial charge in [-0.3, -0.25) is 0 Å². The predicted molar refractivity (Wildman–Crippen MR) is 68.8 cm³/mol. The van der Waals surface area contributed by atoms with Crippen molar-refractivity contribution in [1.29, 1.82) is 0 Å². The highest BCUT2D eigenvalue weighted by molar-refractivity contribution is 7.91. The molecule has 96 valence electrons. The highest BCUT2D eigenvalue weighted by Crippen LogP contribution is 2.13. The van der Waals surface area contributed by atoms with Crippen molar-refractivity contribution in [2.45, 2.75) is 25.6 Å². The topological polar surface area (TPSA) is 69.4 Å². The summed E-state index contributed by atoms with van der Waals surface area (Å²) in [6.45, 7) is 3.96. The molecule has 17 heavy (non-hydrogen) atoms. The number of benzene rings is 1.